The molecule has 1 aromatic carbocycles. The lowest BCUT2D eigenvalue weighted by atomic mass is 10.3. The molecule has 0 atom stereocenters. The van der Waals surface area contributed by atoms with Gasteiger partial charge in [0.1, 0.15) is 5.75 Å². The Morgan fingerprint density at radius 1 is 1.45 bits per heavy atom. The summed E-state index contributed by atoms with van der Waals surface area (Å²) >= 11 is 0. The van der Waals surface area contributed by atoms with E-state index in [0.717, 1.165) is 12.1 Å². The molecule has 11 heavy (non-hydrogen) atoms. The quantitative estimate of drug-likeness (QED) is 0.639. The summed E-state index contributed by atoms with van der Waals surface area (Å²) in [6, 6.07) is 4.33. The second-order valence-electron chi connectivity index (χ2n) is 1.93. The Labute approximate surface area is 63.6 Å². The molecule has 0 unspecified atom stereocenters. The molecule has 0 aromatic heterocycles. The third-order valence-corrected chi connectivity index (χ3v) is 1.13. The number of hydrogen-bond donors (Lipinski definition) is 0. The van der Waals surface area contributed by atoms with Crippen molar-refractivity contribution in [2.24, 2.45) is 0 Å². The summed E-state index contributed by atoms with van der Waals surface area (Å²) in [5, 5.41) is 0. The summed E-state index contributed by atoms with van der Waals surface area (Å²) in [6.07, 6.45) is 0. The van der Waals surface area contributed by atoms with E-state index in [1.807, 2.05) is 0 Å². The zero-order chi connectivity index (χ0) is 8.27. The highest BCUT2D eigenvalue weighted by Gasteiger charge is 2.01. The molecule has 59 valence electrons. The first-order chi connectivity index (χ1) is 5.24. The van der Waals surface area contributed by atoms with Crippen molar-refractivity contribution in [1.29, 1.82) is 0 Å². The van der Waals surface area contributed by atoms with E-state index in [0.29, 0.717) is 6.61 Å². The van der Waals surface area contributed by atoms with Crippen LogP contribution < -0.4 is 4.74 Å². The maximum Gasteiger partial charge on any atom is 0.162 e. The monoisotopic (exact) mass is 157 g/mol. The molecule has 0 heterocycles. The number of ether oxygens (including phenoxy) is 1. The molecule has 0 saturated heterocycles. The van der Waals surface area contributed by atoms with Crippen LogP contribution in [0.5, 0.6) is 5.75 Å². The number of benzene rings is 1. The minimum atomic E-state index is -0.910. The highest BCUT2D eigenvalue weighted by molar-refractivity contribution is 5.21. The molecule has 1 radical (unpaired) electrons. The fourth-order valence-electron chi connectivity index (χ4n) is 0.668. The summed E-state index contributed by atoms with van der Waals surface area (Å²) in [6.45, 7) is 2.18. The van der Waals surface area contributed by atoms with Crippen molar-refractivity contribution in [3.05, 3.63) is 29.8 Å². The standard InChI is InChI=1S/C8H7F2O/c1-2-11-6-3-4-7(9)8(10)5-6/h4-5H,2H2,1H3. The molecule has 1 aromatic rings. The van der Waals surface area contributed by atoms with Gasteiger partial charge < -0.3 is 4.74 Å². The summed E-state index contributed by atoms with van der Waals surface area (Å²) in [4.78, 5) is 0. The first-order valence-electron chi connectivity index (χ1n) is 3.23. The van der Waals surface area contributed by atoms with E-state index in [2.05, 4.69) is 6.07 Å². The van der Waals surface area contributed by atoms with E-state index in [1.54, 1.807) is 6.92 Å². The molecule has 0 spiro atoms. The maximum absolute atomic E-state index is 12.4. The molecule has 3 heteroatoms. The lowest BCUT2D eigenvalue weighted by Gasteiger charge is -2.00. The third kappa shape index (κ3) is 1.90. The zero-order valence-electron chi connectivity index (χ0n) is 6.03. The number of halogens is 2. The second kappa shape index (κ2) is 3.32. The van der Waals surface area contributed by atoms with Gasteiger partial charge in [-0.25, -0.2) is 8.78 Å². The van der Waals surface area contributed by atoms with Crippen molar-refractivity contribution in [2.75, 3.05) is 6.61 Å². The zero-order valence-corrected chi connectivity index (χ0v) is 6.03. The first-order valence-corrected chi connectivity index (χ1v) is 3.23. The highest BCUT2D eigenvalue weighted by Crippen LogP contribution is 2.13. The van der Waals surface area contributed by atoms with Gasteiger partial charge in [-0.2, -0.15) is 0 Å². The van der Waals surface area contributed by atoms with Crippen molar-refractivity contribution in [1.82, 2.24) is 0 Å². The van der Waals surface area contributed by atoms with Gasteiger partial charge in [-0.1, -0.05) is 0 Å². The van der Waals surface area contributed by atoms with Crippen LogP contribution in [0.3, 0.4) is 0 Å². The molecular weight excluding hydrogens is 150 g/mol. The Hall–Kier alpha value is -1.12. The van der Waals surface area contributed by atoms with Gasteiger partial charge in [-0.05, 0) is 13.0 Å². The fourth-order valence-corrected chi connectivity index (χ4v) is 0.668. The first kappa shape index (κ1) is 7.98. The minimum absolute atomic E-state index is 0.228. The summed E-state index contributed by atoms with van der Waals surface area (Å²) in [7, 11) is 0. The summed E-state index contributed by atoms with van der Waals surface area (Å²) in [5.74, 6) is -1.59. The van der Waals surface area contributed by atoms with Crippen LogP contribution >= 0.6 is 0 Å². The second-order valence-corrected chi connectivity index (χ2v) is 1.93. The van der Waals surface area contributed by atoms with Gasteiger partial charge in [0, 0.05) is 12.1 Å². The molecule has 0 N–H and O–H groups in total. The van der Waals surface area contributed by atoms with Gasteiger partial charge in [-0.3, -0.25) is 0 Å². The van der Waals surface area contributed by atoms with E-state index in [1.165, 1.54) is 0 Å². The van der Waals surface area contributed by atoms with Crippen LogP contribution in [0.15, 0.2) is 12.1 Å². The molecule has 0 saturated carbocycles. The van der Waals surface area contributed by atoms with Crippen molar-refractivity contribution in [2.45, 2.75) is 6.92 Å². The normalized spacial score (nSPS) is 9.73. The smallest absolute Gasteiger partial charge is 0.162 e. The number of rotatable bonds is 2. The number of hydrogen-bond acceptors (Lipinski definition) is 1. The molecule has 0 amide bonds. The Morgan fingerprint density at radius 3 is 2.73 bits per heavy atom. The molecule has 0 fully saturated rings. The van der Waals surface area contributed by atoms with Crippen molar-refractivity contribution >= 4 is 0 Å². The van der Waals surface area contributed by atoms with Crippen molar-refractivity contribution in [3.8, 4) is 5.75 Å². The van der Waals surface area contributed by atoms with Gasteiger partial charge >= 0.3 is 0 Å². The van der Waals surface area contributed by atoms with Gasteiger partial charge in [0.05, 0.1) is 6.61 Å². The van der Waals surface area contributed by atoms with Crippen LogP contribution in [-0.2, 0) is 0 Å². The highest BCUT2D eigenvalue weighted by atomic mass is 19.2. The lowest BCUT2D eigenvalue weighted by molar-refractivity contribution is 0.335. The largest absolute Gasteiger partial charge is 0.493 e. The van der Waals surface area contributed by atoms with Crippen LogP contribution in [-0.4, -0.2) is 6.61 Å². The third-order valence-electron chi connectivity index (χ3n) is 1.13. The minimum Gasteiger partial charge on any atom is -0.493 e. The van der Waals surface area contributed by atoms with E-state index >= 15 is 0 Å². The average Bonchev–Trinajstić information content (AvgIpc) is 1.98. The van der Waals surface area contributed by atoms with Crippen LogP contribution in [0.4, 0.5) is 8.78 Å². The van der Waals surface area contributed by atoms with Crippen molar-refractivity contribution in [3.63, 3.8) is 0 Å². The van der Waals surface area contributed by atoms with Gasteiger partial charge in [0.2, 0.25) is 0 Å². The fraction of sp³-hybridized carbons (Fsp3) is 0.250. The van der Waals surface area contributed by atoms with Crippen LogP contribution in [0.25, 0.3) is 0 Å². The Kier molecular flexibility index (Phi) is 2.41. The predicted octanol–water partition coefficient (Wildman–Crippen LogP) is 2.16. The lowest BCUT2D eigenvalue weighted by Crippen LogP contribution is -1.93. The van der Waals surface area contributed by atoms with E-state index < -0.39 is 11.6 Å². The molecular formula is C8H7F2O. The average molecular weight is 157 g/mol. The Balaban J connectivity index is 2.86. The molecule has 1 rings (SSSR count). The van der Waals surface area contributed by atoms with Crippen LogP contribution in [0.2, 0.25) is 0 Å². The SMILES string of the molecule is CCOc1[c]cc(F)c(F)c1. The van der Waals surface area contributed by atoms with E-state index in [4.69, 9.17) is 4.74 Å². The van der Waals surface area contributed by atoms with Gasteiger partial charge in [0.15, 0.2) is 11.6 Å². The van der Waals surface area contributed by atoms with Gasteiger partial charge in [0.25, 0.3) is 0 Å². The summed E-state index contributed by atoms with van der Waals surface area (Å²) < 4.78 is 29.6. The molecule has 0 bridgehead atoms. The predicted molar refractivity (Wildman–Crippen MR) is 36.4 cm³/mol. The topological polar surface area (TPSA) is 9.23 Å². The Morgan fingerprint density at radius 2 is 2.18 bits per heavy atom. The van der Waals surface area contributed by atoms with Crippen LogP contribution in [0.1, 0.15) is 6.92 Å². The summed E-state index contributed by atoms with van der Waals surface area (Å²) in [5.41, 5.74) is 0. The van der Waals surface area contributed by atoms with Crippen molar-refractivity contribution < 1.29 is 13.5 Å². The van der Waals surface area contributed by atoms with Crippen LogP contribution in [0, 0.1) is 17.7 Å². The van der Waals surface area contributed by atoms with Gasteiger partial charge in [-0.15, -0.1) is 0 Å². The maximum atomic E-state index is 12.4. The molecule has 0 aliphatic heterocycles. The van der Waals surface area contributed by atoms with E-state index in [-0.39, 0.29) is 5.75 Å². The molecule has 1 nitrogen and oxygen atoms in total. The van der Waals surface area contributed by atoms with E-state index in [9.17, 15) is 8.78 Å². The Bertz CT molecular complexity index is 248. The molecule has 0 aliphatic rings. The molecule has 0 aliphatic carbocycles.